The number of nitrogens with zero attached hydrogens (tertiary/aromatic N) is 2. The minimum atomic E-state index is -0.254. The molecule has 5 heteroatoms. The number of pyridine rings is 1. The third kappa shape index (κ3) is 4.32. The third-order valence-electron chi connectivity index (χ3n) is 2.96. The summed E-state index contributed by atoms with van der Waals surface area (Å²) in [5.41, 5.74) is 2.37. The first-order chi connectivity index (χ1) is 10.6. The minimum Gasteiger partial charge on any atom is -0.384 e. The molecular weight excluding hydrogens is 276 g/mol. The zero-order chi connectivity index (χ0) is 15.9. The van der Waals surface area contributed by atoms with Crippen LogP contribution in [0.5, 0.6) is 0 Å². The summed E-state index contributed by atoms with van der Waals surface area (Å²) in [5, 5.41) is 14.9. The summed E-state index contributed by atoms with van der Waals surface area (Å²) in [4.78, 5) is 16.3. The molecular formula is C17H18N4O. The zero-order valence-electron chi connectivity index (χ0n) is 12.6. The van der Waals surface area contributed by atoms with Gasteiger partial charge in [0.25, 0.3) is 5.91 Å². The van der Waals surface area contributed by atoms with Gasteiger partial charge in [-0.3, -0.25) is 9.78 Å². The van der Waals surface area contributed by atoms with Gasteiger partial charge in [0.05, 0.1) is 22.9 Å². The van der Waals surface area contributed by atoms with E-state index in [9.17, 15) is 4.79 Å². The Morgan fingerprint density at radius 3 is 2.82 bits per heavy atom. The van der Waals surface area contributed by atoms with Crippen molar-refractivity contribution in [1.29, 1.82) is 5.26 Å². The second kappa shape index (κ2) is 7.23. The molecule has 0 unspecified atom stereocenters. The van der Waals surface area contributed by atoms with Gasteiger partial charge < -0.3 is 10.6 Å². The molecule has 0 atom stereocenters. The number of anilines is 2. The van der Waals surface area contributed by atoms with E-state index >= 15 is 0 Å². The van der Waals surface area contributed by atoms with Crippen LogP contribution >= 0.6 is 0 Å². The molecule has 1 heterocycles. The summed E-state index contributed by atoms with van der Waals surface area (Å²) in [7, 11) is 0. The van der Waals surface area contributed by atoms with Crippen LogP contribution in [0.1, 0.15) is 29.8 Å². The fourth-order valence-electron chi connectivity index (χ4n) is 1.85. The smallest absolute Gasteiger partial charge is 0.257 e. The minimum absolute atomic E-state index is 0.254. The lowest BCUT2D eigenvalue weighted by Gasteiger charge is -2.10. The van der Waals surface area contributed by atoms with Gasteiger partial charge in [0.15, 0.2) is 0 Å². The van der Waals surface area contributed by atoms with Crippen LogP contribution in [-0.4, -0.2) is 17.4 Å². The summed E-state index contributed by atoms with van der Waals surface area (Å²) in [6.07, 6.45) is 3.21. The van der Waals surface area contributed by atoms with E-state index < -0.39 is 0 Å². The number of benzene rings is 1. The van der Waals surface area contributed by atoms with Crippen molar-refractivity contribution in [2.24, 2.45) is 5.92 Å². The van der Waals surface area contributed by atoms with Gasteiger partial charge in [-0.05, 0) is 30.2 Å². The number of aromatic nitrogens is 1. The topological polar surface area (TPSA) is 77.8 Å². The Bertz CT molecular complexity index is 704. The van der Waals surface area contributed by atoms with E-state index in [0.29, 0.717) is 22.7 Å². The SMILES string of the molecule is CC(C)CNc1cncc(C(=O)Nc2cccc(C#N)c2)c1. The van der Waals surface area contributed by atoms with Gasteiger partial charge in [-0.15, -0.1) is 0 Å². The van der Waals surface area contributed by atoms with Crippen molar-refractivity contribution < 1.29 is 4.79 Å². The molecule has 0 saturated heterocycles. The van der Waals surface area contributed by atoms with Gasteiger partial charge in [0.2, 0.25) is 0 Å². The van der Waals surface area contributed by atoms with Crippen LogP contribution in [0, 0.1) is 17.2 Å². The highest BCUT2D eigenvalue weighted by atomic mass is 16.1. The normalized spacial score (nSPS) is 10.1. The van der Waals surface area contributed by atoms with E-state index in [0.717, 1.165) is 12.2 Å². The summed E-state index contributed by atoms with van der Waals surface area (Å²) >= 11 is 0. The van der Waals surface area contributed by atoms with Crippen molar-refractivity contribution in [1.82, 2.24) is 4.98 Å². The summed E-state index contributed by atoms with van der Waals surface area (Å²) in [6, 6.07) is 10.6. The second-order valence-corrected chi connectivity index (χ2v) is 5.38. The summed E-state index contributed by atoms with van der Waals surface area (Å²) in [5.74, 6) is 0.252. The number of nitriles is 1. The van der Waals surface area contributed by atoms with E-state index in [1.165, 1.54) is 6.20 Å². The van der Waals surface area contributed by atoms with Gasteiger partial charge in [-0.2, -0.15) is 5.26 Å². The molecule has 2 rings (SSSR count). The van der Waals surface area contributed by atoms with Crippen molar-refractivity contribution in [2.75, 3.05) is 17.2 Å². The van der Waals surface area contributed by atoms with Gasteiger partial charge >= 0.3 is 0 Å². The fraction of sp³-hybridized carbons (Fsp3) is 0.235. The molecule has 5 nitrogen and oxygen atoms in total. The quantitative estimate of drug-likeness (QED) is 0.887. The van der Waals surface area contributed by atoms with Gasteiger partial charge in [0.1, 0.15) is 0 Å². The lowest BCUT2D eigenvalue weighted by Crippen LogP contribution is -2.14. The monoisotopic (exact) mass is 294 g/mol. The number of carbonyl (C=O) groups is 1. The lowest BCUT2D eigenvalue weighted by atomic mass is 10.2. The van der Waals surface area contributed by atoms with Gasteiger partial charge in [0, 0.05) is 24.6 Å². The molecule has 0 aliphatic carbocycles. The largest absolute Gasteiger partial charge is 0.384 e. The highest BCUT2D eigenvalue weighted by Gasteiger charge is 2.08. The maximum Gasteiger partial charge on any atom is 0.257 e. The van der Waals surface area contributed by atoms with Crippen LogP contribution in [0.2, 0.25) is 0 Å². The molecule has 112 valence electrons. The highest BCUT2D eigenvalue weighted by molar-refractivity contribution is 6.04. The Labute approximate surface area is 130 Å². The van der Waals surface area contributed by atoms with Crippen LogP contribution in [0.3, 0.4) is 0 Å². The van der Waals surface area contributed by atoms with Crippen LogP contribution in [0.25, 0.3) is 0 Å². The first-order valence-electron chi connectivity index (χ1n) is 7.09. The first kappa shape index (κ1) is 15.5. The lowest BCUT2D eigenvalue weighted by molar-refractivity contribution is 0.102. The molecule has 0 saturated carbocycles. The van der Waals surface area contributed by atoms with Crippen LogP contribution in [0.4, 0.5) is 11.4 Å². The van der Waals surface area contributed by atoms with Crippen LogP contribution in [-0.2, 0) is 0 Å². The Morgan fingerprint density at radius 2 is 2.09 bits per heavy atom. The highest BCUT2D eigenvalue weighted by Crippen LogP contribution is 2.14. The van der Waals surface area contributed by atoms with E-state index in [4.69, 9.17) is 5.26 Å². The molecule has 0 spiro atoms. The van der Waals surface area contributed by atoms with Gasteiger partial charge in [-0.25, -0.2) is 0 Å². The number of amides is 1. The van der Waals surface area contributed by atoms with E-state index in [2.05, 4.69) is 29.5 Å². The summed E-state index contributed by atoms with van der Waals surface area (Å²) < 4.78 is 0. The van der Waals surface area contributed by atoms with Crippen LogP contribution in [0.15, 0.2) is 42.7 Å². The van der Waals surface area contributed by atoms with Crippen LogP contribution < -0.4 is 10.6 Å². The second-order valence-electron chi connectivity index (χ2n) is 5.38. The Hall–Kier alpha value is -2.87. The average molecular weight is 294 g/mol. The molecule has 1 amide bonds. The third-order valence-corrected chi connectivity index (χ3v) is 2.96. The molecule has 0 aliphatic rings. The number of rotatable bonds is 5. The predicted octanol–water partition coefficient (Wildman–Crippen LogP) is 3.27. The van der Waals surface area contributed by atoms with E-state index in [1.807, 2.05) is 6.07 Å². The molecule has 0 aliphatic heterocycles. The molecule has 0 bridgehead atoms. The van der Waals surface area contributed by atoms with Crippen molar-refractivity contribution in [3.8, 4) is 6.07 Å². The first-order valence-corrected chi connectivity index (χ1v) is 7.09. The molecule has 0 radical (unpaired) electrons. The van der Waals surface area contributed by atoms with Crippen molar-refractivity contribution in [3.63, 3.8) is 0 Å². The molecule has 2 aromatic rings. The fourth-order valence-corrected chi connectivity index (χ4v) is 1.85. The van der Waals surface area contributed by atoms with Crippen molar-refractivity contribution >= 4 is 17.3 Å². The maximum absolute atomic E-state index is 12.2. The number of nitrogens with one attached hydrogen (secondary N) is 2. The Kier molecular flexibility index (Phi) is 5.10. The van der Waals surface area contributed by atoms with E-state index in [1.54, 1.807) is 36.5 Å². The maximum atomic E-state index is 12.2. The summed E-state index contributed by atoms with van der Waals surface area (Å²) in [6.45, 7) is 5.04. The number of hydrogen-bond donors (Lipinski definition) is 2. The van der Waals surface area contributed by atoms with Gasteiger partial charge in [-0.1, -0.05) is 19.9 Å². The zero-order valence-corrected chi connectivity index (χ0v) is 12.6. The molecule has 1 aromatic heterocycles. The predicted molar refractivity (Wildman–Crippen MR) is 86.7 cm³/mol. The average Bonchev–Trinajstić information content (AvgIpc) is 2.53. The number of carbonyl (C=O) groups excluding carboxylic acids is 1. The number of hydrogen-bond acceptors (Lipinski definition) is 4. The van der Waals surface area contributed by atoms with E-state index in [-0.39, 0.29) is 5.91 Å². The Morgan fingerprint density at radius 1 is 1.27 bits per heavy atom. The standard InChI is InChI=1S/C17H18N4O/c1-12(2)9-20-16-7-14(10-19-11-16)17(22)21-15-5-3-4-13(6-15)8-18/h3-7,10-12,20H,9H2,1-2H3,(H,21,22). The molecule has 1 aromatic carbocycles. The Balaban J connectivity index is 2.09. The molecule has 2 N–H and O–H groups in total. The molecule has 0 fully saturated rings. The van der Waals surface area contributed by atoms with Crippen molar-refractivity contribution in [2.45, 2.75) is 13.8 Å². The molecule has 22 heavy (non-hydrogen) atoms. The van der Waals surface area contributed by atoms with Crippen molar-refractivity contribution in [3.05, 3.63) is 53.9 Å².